The highest BCUT2D eigenvalue weighted by molar-refractivity contribution is 6.31. The van der Waals surface area contributed by atoms with Crippen molar-refractivity contribution in [1.82, 2.24) is 5.32 Å². The summed E-state index contributed by atoms with van der Waals surface area (Å²) in [6.45, 7) is 6.10. The molecule has 0 spiro atoms. The van der Waals surface area contributed by atoms with Crippen molar-refractivity contribution in [2.75, 3.05) is 13.2 Å². The lowest BCUT2D eigenvalue weighted by molar-refractivity contribution is -0.384. The molecule has 19 heavy (non-hydrogen) atoms. The molecule has 1 rings (SSSR count). The van der Waals surface area contributed by atoms with E-state index in [-0.39, 0.29) is 5.69 Å². The van der Waals surface area contributed by atoms with Gasteiger partial charge in [0.1, 0.15) is 0 Å². The Kier molecular flexibility index (Phi) is 6.77. The minimum atomic E-state index is -0.464. The molecule has 0 saturated heterocycles. The molecule has 0 aliphatic carbocycles. The standard InChI is InChI=1S/C13H19ClN2O3/c1-10(2)15-6-3-7-19-9-11-4-5-12(16(17)18)8-13(11)14/h4-5,8,10,15H,3,6-7,9H2,1-2H3. The highest BCUT2D eigenvalue weighted by Crippen LogP contribution is 2.22. The van der Waals surface area contributed by atoms with E-state index in [9.17, 15) is 10.1 Å². The zero-order valence-corrected chi connectivity index (χ0v) is 11.9. The molecule has 0 aliphatic heterocycles. The molecule has 0 unspecified atom stereocenters. The summed E-state index contributed by atoms with van der Waals surface area (Å²) in [6, 6.07) is 4.89. The first-order valence-electron chi connectivity index (χ1n) is 6.24. The van der Waals surface area contributed by atoms with Crippen LogP contribution in [0.2, 0.25) is 5.02 Å². The molecule has 1 aromatic rings. The largest absolute Gasteiger partial charge is 0.377 e. The van der Waals surface area contributed by atoms with E-state index < -0.39 is 4.92 Å². The predicted molar refractivity (Wildman–Crippen MR) is 75.5 cm³/mol. The second-order valence-electron chi connectivity index (χ2n) is 4.55. The summed E-state index contributed by atoms with van der Waals surface area (Å²) >= 11 is 5.96. The maximum Gasteiger partial charge on any atom is 0.270 e. The number of ether oxygens (including phenoxy) is 1. The van der Waals surface area contributed by atoms with Crippen LogP contribution in [0.1, 0.15) is 25.8 Å². The number of nitrogens with one attached hydrogen (secondary N) is 1. The van der Waals surface area contributed by atoms with Crippen molar-refractivity contribution in [1.29, 1.82) is 0 Å². The highest BCUT2D eigenvalue weighted by Gasteiger charge is 2.09. The van der Waals surface area contributed by atoms with Gasteiger partial charge in [0.15, 0.2) is 0 Å². The van der Waals surface area contributed by atoms with E-state index in [1.54, 1.807) is 6.07 Å². The molecule has 0 amide bonds. The highest BCUT2D eigenvalue weighted by atomic mass is 35.5. The monoisotopic (exact) mass is 286 g/mol. The summed E-state index contributed by atoms with van der Waals surface area (Å²) in [5.74, 6) is 0. The fourth-order valence-corrected chi connectivity index (χ4v) is 1.74. The van der Waals surface area contributed by atoms with E-state index >= 15 is 0 Å². The van der Waals surface area contributed by atoms with Crippen molar-refractivity contribution in [3.05, 3.63) is 38.9 Å². The molecule has 0 aliphatic rings. The summed E-state index contributed by atoms with van der Waals surface area (Å²) in [6.07, 6.45) is 0.919. The van der Waals surface area contributed by atoms with Crippen molar-refractivity contribution in [3.63, 3.8) is 0 Å². The number of rotatable bonds is 8. The average molecular weight is 287 g/mol. The smallest absolute Gasteiger partial charge is 0.270 e. The number of nitro benzene ring substituents is 1. The lowest BCUT2D eigenvalue weighted by Gasteiger charge is -2.09. The molecule has 0 fully saturated rings. The van der Waals surface area contributed by atoms with Crippen LogP contribution in [0, 0.1) is 10.1 Å². The molecule has 5 nitrogen and oxygen atoms in total. The molecule has 0 atom stereocenters. The van der Waals surface area contributed by atoms with Crippen LogP contribution < -0.4 is 5.32 Å². The Labute approximate surface area is 118 Å². The molecule has 6 heteroatoms. The van der Waals surface area contributed by atoms with Crippen molar-refractivity contribution in [2.45, 2.75) is 32.9 Å². The summed E-state index contributed by atoms with van der Waals surface area (Å²) in [4.78, 5) is 10.1. The van der Waals surface area contributed by atoms with Crippen LogP contribution >= 0.6 is 11.6 Å². The van der Waals surface area contributed by atoms with Crippen LogP contribution in [0.5, 0.6) is 0 Å². The molecule has 0 saturated carbocycles. The van der Waals surface area contributed by atoms with E-state index in [1.807, 2.05) is 0 Å². The van der Waals surface area contributed by atoms with E-state index in [0.29, 0.717) is 24.3 Å². The van der Waals surface area contributed by atoms with Crippen LogP contribution in [0.4, 0.5) is 5.69 Å². The van der Waals surface area contributed by atoms with Crippen LogP contribution in [-0.4, -0.2) is 24.1 Å². The summed E-state index contributed by atoms with van der Waals surface area (Å²) in [5.41, 5.74) is 0.763. The van der Waals surface area contributed by atoms with Crippen molar-refractivity contribution in [2.24, 2.45) is 0 Å². The predicted octanol–water partition coefficient (Wildman–Crippen LogP) is 3.15. The van der Waals surface area contributed by atoms with E-state index in [0.717, 1.165) is 18.5 Å². The number of nitrogens with zero attached hydrogens (tertiary/aromatic N) is 1. The summed E-state index contributed by atoms with van der Waals surface area (Å²) in [5, 5.41) is 14.2. The molecule has 0 aromatic heterocycles. The number of hydrogen-bond donors (Lipinski definition) is 1. The molecule has 1 N–H and O–H groups in total. The van der Waals surface area contributed by atoms with Gasteiger partial charge in [-0.1, -0.05) is 25.4 Å². The maximum absolute atomic E-state index is 10.6. The van der Waals surface area contributed by atoms with Gasteiger partial charge in [0.25, 0.3) is 5.69 Å². The molecule has 0 bridgehead atoms. The molecule has 0 radical (unpaired) electrons. The quantitative estimate of drug-likeness (QED) is 0.453. The van der Waals surface area contributed by atoms with Gasteiger partial charge in [-0.15, -0.1) is 0 Å². The van der Waals surface area contributed by atoms with Gasteiger partial charge in [-0.25, -0.2) is 0 Å². The molecule has 0 heterocycles. The third kappa shape index (κ3) is 6.00. The first-order valence-corrected chi connectivity index (χ1v) is 6.62. The fourth-order valence-electron chi connectivity index (χ4n) is 1.51. The van der Waals surface area contributed by atoms with E-state index in [1.165, 1.54) is 12.1 Å². The van der Waals surface area contributed by atoms with Gasteiger partial charge < -0.3 is 10.1 Å². The number of halogens is 1. The van der Waals surface area contributed by atoms with Crippen LogP contribution in [-0.2, 0) is 11.3 Å². The van der Waals surface area contributed by atoms with Crippen molar-refractivity contribution in [3.8, 4) is 0 Å². The average Bonchev–Trinajstić information content (AvgIpc) is 2.34. The third-order valence-corrected chi connectivity index (χ3v) is 2.87. The topological polar surface area (TPSA) is 64.4 Å². The molecular formula is C13H19ClN2O3. The Bertz CT molecular complexity index is 424. The molecular weight excluding hydrogens is 268 g/mol. The fraction of sp³-hybridized carbons (Fsp3) is 0.538. The summed E-state index contributed by atoms with van der Waals surface area (Å²) in [7, 11) is 0. The van der Waals surface area contributed by atoms with E-state index in [2.05, 4.69) is 19.2 Å². The SMILES string of the molecule is CC(C)NCCCOCc1ccc([N+](=O)[O-])cc1Cl. The van der Waals surface area contributed by atoms with Gasteiger partial charge >= 0.3 is 0 Å². The minimum Gasteiger partial charge on any atom is -0.377 e. The van der Waals surface area contributed by atoms with Crippen molar-refractivity contribution >= 4 is 17.3 Å². The Morgan fingerprint density at radius 3 is 2.79 bits per heavy atom. The molecule has 106 valence electrons. The second kappa shape index (κ2) is 8.09. The first-order chi connectivity index (χ1) is 9.00. The van der Waals surface area contributed by atoms with Crippen LogP contribution in [0.25, 0.3) is 0 Å². The van der Waals surface area contributed by atoms with Gasteiger partial charge in [-0.3, -0.25) is 10.1 Å². The number of hydrogen-bond acceptors (Lipinski definition) is 4. The van der Waals surface area contributed by atoms with Gasteiger partial charge in [-0.2, -0.15) is 0 Å². The van der Waals surface area contributed by atoms with Gasteiger partial charge in [0.05, 0.1) is 16.6 Å². The van der Waals surface area contributed by atoms with E-state index in [4.69, 9.17) is 16.3 Å². The Morgan fingerprint density at radius 2 is 2.21 bits per heavy atom. The normalized spacial score (nSPS) is 10.9. The Hall–Kier alpha value is -1.17. The van der Waals surface area contributed by atoms with Gasteiger partial charge in [0.2, 0.25) is 0 Å². The Balaban J connectivity index is 2.32. The zero-order valence-electron chi connectivity index (χ0n) is 11.2. The lowest BCUT2D eigenvalue weighted by Crippen LogP contribution is -2.24. The maximum atomic E-state index is 10.6. The van der Waals surface area contributed by atoms with Crippen molar-refractivity contribution < 1.29 is 9.66 Å². The van der Waals surface area contributed by atoms with Crippen LogP contribution in [0.3, 0.4) is 0 Å². The summed E-state index contributed by atoms with van der Waals surface area (Å²) < 4.78 is 5.49. The number of benzene rings is 1. The van der Waals surface area contributed by atoms with Crippen LogP contribution in [0.15, 0.2) is 18.2 Å². The second-order valence-corrected chi connectivity index (χ2v) is 4.95. The third-order valence-electron chi connectivity index (χ3n) is 2.52. The number of nitro groups is 1. The Morgan fingerprint density at radius 1 is 1.47 bits per heavy atom. The molecule has 1 aromatic carbocycles. The zero-order chi connectivity index (χ0) is 14.3. The lowest BCUT2D eigenvalue weighted by atomic mass is 10.2. The van der Waals surface area contributed by atoms with Gasteiger partial charge in [-0.05, 0) is 24.6 Å². The minimum absolute atomic E-state index is 0.00474. The number of non-ortho nitro benzene ring substituents is 1. The van der Waals surface area contributed by atoms with Gasteiger partial charge in [0, 0.05) is 24.8 Å². The first kappa shape index (κ1) is 15.9.